The van der Waals surface area contributed by atoms with Crippen molar-refractivity contribution < 1.29 is 14.5 Å². The number of hydrogen-bond donors (Lipinski definition) is 1. The summed E-state index contributed by atoms with van der Waals surface area (Å²) in [5.74, 6) is -0.514. The number of benzene rings is 1. The molecule has 0 fully saturated rings. The van der Waals surface area contributed by atoms with Gasteiger partial charge in [-0.3, -0.25) is 14.9 Å². The lowest BCUT2D eigenvalue weighted by Gasteiger charge is -2.08. The molecule has 0 spiro atoms. The third kappa shape index (κ3) is 4.12. The van der Waals surface area contributed by atoms with Crippen molar-refractivity contribution in [3.8, 4) is 0 Å². The second-order valence-corrected chi connectivity index (χ2v) is 3.94. The highest BCUT2D eigenvalue weighted by Gasteiger charge is 2.13. The molecule has 1 unspecified atom stereocenters. The Morgan fingerprint density at radius 2 is 2.06 bits per heavy atom. The number of nitrogens with two attached hydrogens (primary N) is 1. The van der Waals surface area contributed by atoms with Crippen molar-refractivity contribution in [2.45, 2.75) is 12.6 Å². The van der Waals surface area contributed by atoms with E-state index in [-0.39, 0.29) is 12.3 Å². The minimum Gasteiger partial charge on any atom is -0.460 e. The number of nitro groups is 1. The molecule has 1 aromatic carbocycles. The van der Waals surface area contributed by atoms with Gasteiger partial charge < -0.3 is 10.5 Å². The molecule has 0 aliphatic carbocycles. The molecule has 6 nitrogen and oxygen atoms in total. The number of alkyl halides is 1. The van der Waals surface area contributed by atoms with Crippen molar-refractivity contribution in [2.24, 2.45) is 5.73 Å². The van der Waals surface area contributed by atoms with Gasteiger partial charge in [-0.2, -0.15) is 0 Å². The summed E-state index contributed by atoms with van der Waals surface area (Å²) in [5.41, 5.74) is 6.10. The molecule has 0 saturated carbocycles. The average Bonchev–Trinajstić information content (AvgIpc) is 2.35. The fourth-order valence-corrected chi connectivity index (χ4v) is 1.30. The van der Waals surface area contributed by atoms with Crippen LogP contribution in [0.5, 0.6) is 0 Å². The standard InChI is InChI=1S/C10H11BrN2O4/c11-5-9(12)10(14)17-6-7-1-3-8(4-2-7)13(15)16/h1-4,9H,5-6,12H2. The van der Waals surface area contributed by atoms with Crippen LogP contribution >= 0.6 is 15.9 Å². The van der Waals surface area contributed by atoms with Gasteiger partial charge in [0.05, 0.1) is 4.92 Å². The van der Waals surface area contributed by atoms with Crippen LogP contribution in [0, 0.1) is 10.1 Å². The third-order valence-electron chi connectivity index (χ3n) is 2.00. The van der Waals surface area contributed by atoms with Gasteiger partial charge in [0.2, 0.25) is 0 Å². The van der Waals surface area contributed by atoms with E-state index in [1.807, 2.05) is 0 Å². The SMILES string of the molecule is NC(CBr)C(=O)OCc1ccc([N+](=O)[O-])cc1. The minimum atomic E-state index is -0.701. The van der Waals surface area contributed by atoms with E-state index in [2.05, 4.69) is 15.9 Å². The smallest absolute Gasteiger partial charge is 0.324 e. The highest BCUT2D eigenvalue weighted by Crippen LogP contribution is 2.12. The van der Waals surface area contributed by atoms with Crippen LogP contribution in [0.4, 0.5) is 5.69 Å². The van der Waals surface area contributed by atoms with Crippen molar-refractivity contribution in [1.29, 1.82) is 0 Å². The fourth-order valence-electron chi connectivity index (χ4n) is 1.04. The maximum absolute atomic E-state index is 11.2. The molecular weight excluding hydrogens is 292 g/mol. The third-order valence-corrected chi connectivity index (χ3v) is 2.69. The quantitative estimate of drug-likeness (QED) is 0.383. The Bertz CT molecular complexity index is 407. The lowest BCUT2D eigenvalue weighted by Crippen LogP contribution is -2.33. The zero-order chi connectivity index (χ0) is 12.8. The summed E-state index contributed by atoms with van der Waals surface area (Å²) in [4.78, 5) is 21.2. The number of carbonyl (C=O) groups is 1. The Morgan fingerprint density at radius 1 is 1.47 bits per heavy atom. The van der Waals surface area contributed by atoms with Crippen LogP contribution in [0.1, 0.15) is 5.56 Å². The monoisotopic (exact) mass is 302 g/mol. The largest absolute Gasteiger partial charge is 0.460 e. The number of nitrogens with zero attached hydrogens (tertiary/aromatic N) is 1. The van der Waals surface area contributed by atoms with Crippen LogP contribution in [-0.2, 0) is 16.1 Å². The molecule has 0 radical (unpaired) electrons. The van der Waals surface area contributed by atoms with E-state index in [9.17, 15) is 14.9 Å². The normalized spacial score (nSPS) is 11.9. The summed E-state index contributed by atoms with van der Waals surface area (Å²) in [7, 11) is 0. The molecule has 92 valence electrons. The lowest BCUT2D eigenvalue weighted by molar-refractivity contribution is -0.384. The number of carbonyl (C=O) groups excluding carboxylic acids is 1. The second kappa shape index (κ2) is 6.31. The Balaban J connectivity index is 2.53. The van der Waals surface area contributed by atoms with Crippen LogP contribution in [0.15, 0.2) is 24.3 Å². The molecule has 0 saturated heterocycles. The van der Waals surface area contributed by atoms with Gasteiger partial charge in [-0.25, -0.2) is 0 Å². The zero-order valence-electron chi connectivity index (χ0n) is 8.84. The predicted octanol–water partition coefficient (Wildman–Crippen LogP) is 1.36. The molecular formula is C10H11BrN2O4. The van der Waals surface area contributed by atoms with E-state index in [0.717, 1.165) is 0 Å². The fraction of sp³-hybridized carbons (Fsp3) is 0.300. The zero-order valence-corrected chi connectivity index (χ0v) is 10.4. The van der Waals surface area contributed by atoms with E-state index in [1.54, 1.807) is 0 Å². The first-order valence-corrected chi connectivity index (χ1v) is 5.88. The van der Waals surface area contributed by atoms with Crippen LogP contribution < -0.4 is 5.73 Å². The van der Waals surface area contributed by atoms with Gasteiger partial charge in [0, 0.05) is 17.5 Å². The van der Waals surface area contributed by atoms with Crippen LogP contribution in [0.3, 0.4) is 0 Å². The summed E-state index contributed by atoms with van der Waals surface area (Å²) in [6.07, 6.45) is 0. The first-order valence-electron chi connectivity index (χ1n) is 4.76. The summed E-state index contributed by atoms with van der Waals surface area (Å²) in [6, 6.07) is 5.07. The van der Waals surface area contributed by atoms with E-state index in [4.69, 9.17) is 10.5 Å². The lowest BCUT2D eigenvalue weighted by atomic mass is 10.2. The summed E-state index contributed by atoms with van der Waals surface area (Å²) < 4.78 is 4.92. The Labute approximate surface area is 106 Å². The molecule has 0 aliphatic heterocycles. The molecule has 2 N–H and O–H groups in total. The molecule has 0 heterocycles. The topological polar surface area (TPSA) is 95.5 Å². The highest BCUT2D eigenvalue weighted by atomic mass is 79.9. The van der Waals surface area contributed by atoms with Crippen LogP contribution in [0.25, 0.3) is 0 Å². The number of ether oxygens (including phenoxy) is 1. The molecule has 0 bridgehead atoms. The molecule has 0 aliphatic rings. The molecule has 1 aromatic rings. The van der Waals surface area contributed by atoms with Gasteiger partial charge in [0.1, 0.15) is 12.6 Å². The highest BCUT2D eigenvalue weighted by molar-refractivity contribution is 9.09. The first kappa shape index (κ1) is 13.6. The number of non-ortho nitro benzene ring substituents is 1. The van der Waals surface area contributed by atoms with Crippen LogP contribution in [-0.4, -0.2) is 22.3 Å². The molecule has 0 aromatic heterocycles. The van der Waals surface area contributed by atoms with Gasteiger partial charge in [0.25, 0.3) is 5.69 Å². The van der Waals surface area contributed by atoms with Crippen molar-refractivity contribution in [3.05, 3.63) is 39.9 Å². The number of rotatable bonds is 5. The maximum atomic E-state index is 11.2. The van der Waals surface area contributed by atoms with Gasteiger partial charge in [-0.1, -0.05) is 15.9 Å². The first-order chi connectivity index (χ1) is 8.04. The summed E-state index contributed by atoms with van der Waals surface area (Å²) in [5, 5.41) is 10.7. The van der Waals surface area contributed by atoms with Crippen molar-refractivity contribution in [1.82, 2.24) is 0 Å². The number of nitro benzene ring substituents is 1. The Kier molecular flexibility index (Phi) is 5.05. The van der Waals surface area contributed by atoms with E-state index in [0.29, 0.717) is 10.9 Å². The maximum Gasteiger partial charge on any atom is 0.324 e. The molecule has 0 amide bonds. The van der Waals surface area contributed by atoms with Gasteiger partial charge >= 0.3 is 5.97 Å². The summed E-state index contributed by atoms with van der Waals surface area (Å²) in [6.45, 7) is 0.0531. The molecule has 1 rings (SSSR count). The minimum absolute atomic E-state index is 0.00256. The molecule has 17 heavy (non-hydrogen) atoms. The average molecular weight is 303 g/mol. The van der Waals surface area contributed by atoms with Crippen molar-refractivity contribution in [2.75, 3.05) is 5.33 Å². The van der Waals surface area contributed by atoms with Crippen molar-refractivity contribution in [3.63, 3.8) is 0 Å². The molecule has 7 heteroatoms. The van der Waals surface area contributed by atoms with Gasteiger partial charge in [0.15, 0.2) is 0 Å². The van der Waals surface area contributed by atoms with Gasteiger partial charge in [-0.15, -0.1) is 0 Å². The van der Waals surface area contributed by atoms with Crippen molar-refractivity contribution >= 4 is 27.6 Å². The molecule has 1 atom stereocenters. The Hall–Kier alpha value is -1.47. The van der Waals surface area contributed by atoms with E-state index < -0.39 is 16.9 Å². The van der Waals surface area contributed by atoms with E-state index >= 15 is 0 Å². The summed E-state index contributed by atoms with van der Waals surface area (Å²) >= 11 is 3.07. The Morgan fingerprint density at radius 3 is 2.53 bits per heavy atom. The van der Waals surface area contributed by atoms with Gasteiger partial charge in [-0.05, 0) is 17.7 Å². The second-order valence-electron chi connectivity index (χ2n) is 3.29. The van der Waals surface area contributed by atoms with E-state index in [1.165, 1.54) is 24.3 Å². The van der Waals surface area contributed by atoms with Crippen LogP contribution in [0.2, 0.25) is 0 Å². The number of hydrogen-bond acceptors (Lipinski definition) is 5. The predicted molar refractivity (Wildman–Crippen MR) is 64.7 cm³/mol. The number of esters is 1. The number of halogens is 1.